The number of nitrogens with two attached hydrogens (primary N) is 2. The first-order chi connectivity index (χ1) is 6.86. The molecule has 0 aliphatic heterocycles. The van der Waals surface area contributed by atoms with Gasteiger partial charge in [0, 0.05) is 7.05 Å². The molecule has 0 radical (unpaired) electrons. The molecule has 0 aliphatic carbocycles. The molecule has 7 nitrogen and oxygen atoms in total. The van der Waals surface area contributed by atoms with Gasteiger partial charge in [-0.3, -0.25) is 13.9 Å². The summed E-state index contributed by atoms with van der Waals surface area (Å²) >= 11 is 0. The molecule has 0 saturated carbocycles. The molecule has 0 amide bonds. The number of rotatable bonds is 2. The Kier molecular flexibility index (Phi) is 2.85. The van der Waals surface area contributed by atoms with E-state index in [1.165, 1.54) is 14.0 Å². The summed E-state index contributed by atoms with van der Waals surface area (Å²) in [5.74, 6) is -0.107. The minimum Gasteiger partial charge on any atom is -0.392 e. The molecule has 1 aromatic heterocycles. The molecule has 5 N–H and O–H groups in total. The van der Waals surface area contributed by atoms with Crippen LogP contribution < -0.4 is 22.7 Å². The number of hydrogen-bond acceptors (Lipinski definition) is 5. The van der Waals surface area contributed by atoms with E-state index in [-0.39, 0.29) is 18.1 Å². The minimum absolute atomic E-state index is 0.00296. The molecule has 0 fully saturated rings. The highest BCUT2D eigenvalue weighted by Crippen LogP contribution is 2.05. The van der Waals surface area contributed by atoms with Gasteiger partial charge in [-0.15, -0.1) is 0 Å². The van der Waals surface area contributed by atoms with Crippen LogP contribution in [0.1, 0.15) is 6.92 Å². The van der Waals surface area contributed by atoms with Gasteiger partial charge in [0.05, 0.1) is 12.6 Å². The van der Waals surface area contributed by atoms with Gasteiger partial charge in [0.1, 0.15) is 11.5 Å². The summed E-state index contributed by atoms with van der Waals surface area (Å²) in [6.45, 7) is 1.51. The van der Waals surface area contributed by atoms with E-state index < -0.39 is 17.4 Å². The standard InChI is InChI=1S/C8H14N4O3/c1-4(13)3-12-6(10)5(9)7(14)11(2)8(12)15/h4,13H,3,9-10H2,1-2H3. The molecule has 1 rings (SSSR count). The van der Waals surface area contributed by atoms with Crippen molar-refractivity contribution in [1.29, 1.82) is 0 Å². The van der Waals surface area contributed by atoms with E-state index in [0.717, 1.165) is 9.13 Å². The van der Waals surface area contributed by atoms with E-state index in [4.69, 9.17) is 16.6 Å². The number of aromatic nitrogens is 2. The maximum absolute atomic E-state index is 11.6. The molecule has 1 heterocycles. The van der Waals surface area contributed by atoms with Crippen molar-refractivity contribution < 1.29 is 5.11 Å². The van der Waals surface area contributed by atoms with Crippen molar-refractivity contribution in [2.75, 3.05) is 11.5 Å². The molecule has 0 saturated heterocycles. The highest BCUT2D eigenvalue weighted by molar-refractivity contribution is 5.56. The fourth-order valence-electron chi connectivity index (χ4n) is 1.25. The van der Waals surface area contributed by atoms with Crippen LogP contribution in [0.2, 0.25) is 0 Å². The second-order valence-electron chi connectivity index (χ2n) is 3.41. The third-order valence-corrected chi connectivity index (χ3v) is 2.07. The van der Waals surface area contributed by atoms with Gasteiger partial charge in [-0.25, -0.2) is 4.79 Å². The third-order valence-electron chi connectivity index (χ3n) is 2.07. The minimum atomic E-state index is -0.748. The molecular formula is C8H14N4O3. The largest absolute Gasteiger partial charge is 0.392 e. The molecule has 1 atom stereocenters. The fraction of sp³-hybridized carbons (Fsp3) is 0.500. The van der Waals surface area contributed by atoms with Crippen molar-refractivity contribution in [2.45, 2.75) is 19.6 Å². The quantitative estimate of drug-likeness (QED) is 0.531. The highest BCUT2D eigenvalue weighted by Gasteiger charge is 2.13. The van der Waals surface area contributed by atoms with Crippen molar-refractivity contribution in [3.8, 4) is 0 Å². The van der Waals surface area contributed by atoms with Gasteiger partial charge < -0.3 is 16.6 Å². The molecule has 1 unspecified atom stereocenters. The number of aliphatic hydroxyl groups excluding tert-OH is 1. The van der Waals surface area contributed by atoms with Crippen LogP contribution in [0.25, 0.3) is 0 Å². The van der Waals surface area contributed by atoms with E-state index in [1.54, 1.807) is 0 Å². The monoisotopic (exact) mass is 214 g/mol. The zero-order chi connectivity index (χ0) is 11.7. The van der Waals surface area contributed by atoms with Crippen molar-refractivity contribution in [3.05, 3.63) is 20.8 Å². The van der Waals surface area contributed by atoms with Crippen LogP contribution in [0.4, 0.5) is 11.5 Å². The van der Waals surface area contributed by atoms with Gasteiger partial charge in [0.25, 0.3) is 5.56 Å². The van der Waals surface area contributed by atoms with Crippen molar-refractivity contribution in [3.63, 3.8) is 0 Å². The normalized spacial score (nSPS) is 12.7. The summed E-state index contributed by atoms with van der Waals surface area (Å²) in [5.41, 5.74) is 9.54. The molecule has 15 heavy (non-hydrogen) atoms. The van der Waals surface area contributed by atoms with E-state index in [2.05, 4.69) is 0 Å². The molecule has 1 aromatic rings. The van der Waals surface area contributed by atoms with Crippen LogP contribution in [0.3, 0.4) is 0 Å². The molecule has 0 aliphatic rings. The van der Waals surface area contributed by atoms with Crippen LogP contribution >= 0.6 is 0 Å². The number of nitrogens with zero attached hydrogens (tertiary/aromatic N) is 2. The van der Waals surface area contributed by atoms with Crippen molar-refractivity contribution in [1.82, 2.24) is 9.13 Å². The Labute approximate surface area is 85.5 Å². The number of anilines is 2. The van der Waals surface area contributed by atoms with Crippen LogP contribution in [-0.2, 0) is 13.6 Å². The van der Waals surface area contributed by atoms with Crippen molar-refractivity contribution >= 4 is 11.5 Å². The van der Waals surface area contributed by atoms with Crippen molar-refractivity contribution in [2.24, 2.45) is 7.05 Å². The smallest absolute Gasteiger partial charge is 0.332 e. The second-order valence-corrected chi connectivity index (χ2v) is 3.41. The first kappa shape index (κ1) is 11.3. The van der Waals surface area contributed by atoms with E-state index >= 15 is 0 Å². The summed E-state index contributed by atoms with van der Waals surface area (Å²) < 4.78 is 1.93. The zero-order valence-corrected chi connectivity index (χ0v) is 8.60. The van der Waals surface area contributed by atoms with E-state index in [0.29, 0.717) is 0 Å². The van der Waals surface area contributed by atoms with Gasteiger partial charge in [-0.2, -0.15) is 0 Å². The van der Waals surface area contributed by atoms with Gasteiger partial charge >= 0.3 is 5.69 Å². The van der Waals surface area contributed by atoms with Gasteiger partial charge in [-0.05, 0) is 6.92 Å². The predicted molar refractivity (Wildman–Crippen MR) is 56.4 cm³/mol. The maximum atomic E-state index is 11.6. The summed E-state index contributed by atoms with van der Waals surface area (Å²) in [7, 11) is 1.30. The summed E-state index contributed by atoms with van der Waals surface area (Å²) in [6, 6.07) is 0. The topological polar surface area (TPSA) is 116 Å². The van der Waals surface area contributed by atoms with Gasteiger partial charge in [0.2, 0.25) is 0 Å². The fourth-order valence-corrected chi connectivity index (χ4v) is 1.25. The van der Waals surface area contributed by atoms with Gasteiger partial charge in [0.15, 0.2) is 0 Å². The lowest BCUT2D eigenvalue weighted by molar-refractivity contribution is 0.171. The Morgan fingerprint density at radius 3 is 2.40 bits per heavy atom. The number of hydrogen-bond donors (Lipinski definition) is 3. The van der Waals surface area contributed by atoms with Crippen LogP contribution in [0, 0.1) is 0 Å². The average Bonchev–Trinajstić information content (AvgIpc) is 2.18. The van der Waals surface area contributed by atoms with Gasteiger partial charge in [-0.1, -0.05) is 0 Å². The average molecular weight is 214 g/mol. The molecule has 0 spiro atoms. The highest BCUT2D eigenvalue weighted by atomic mass is 16.3. The number of nitrogen functional groups attached to an aromatic ring is 2. The van der Waals surface area contributed by atoms with E-state index in [1.807, 2.05) is 0 Å². The Morgan fingerprint density at radius 1 is 1.40 bits per heavy atom. The molecule has 84 valence electrons. The zero-order valence-electron chi connectivity index (χ0n) is 8.60. The third kappa shape index (κ3) is 1.86. The maximum Gasteiger partial charge on any atom is 0.332 e. The summed E-state index contributed by atoms with van der Waals surface area (Å²) in [4.78, 5) is 22.9. The number of aliphatic hydroxyl groups is 1. The Hall–Kier alpha value is -1.76. The van der Waals surface area contributed by atoms with Crippen LogP contribution in [0.15, 0.2) is 9.59 Å². The molecule has 7 heteroatoms. The molecular weight excluding hydrogens is 200 g/mol. The summed E-state index contributed by atoms with van der Waals surface area (Å²) in [6.07, 6.45) is -0.748. The lowest BCUT2D eigenvalue weighted by Gasteiger charge is -2.13. The van der Waals surface area contributed by atoms with Crippen LogP contribution in [-0.4, -0.2) is 20.3 Å². The molecule has 0 bridgehead atoms. The second kappa shape index (κ2) is 3.77. The SMILES string of the molecule is CC(O)Cn1c(N)c(N)c(=O)n(C)c1=O. The lowest BCUT2D eigenvalue weighted by atomic mass is 10.4. The van der Waals surface area contributed by atoms with Crippen LogP contribution in [0.5, 0.6) is 0 Å². The lowest BCUT2D eigenvalue weighted by Crippen LogP contribution is -2.42. The van der Waals surface area contributed by atoms with E-state index in [9.17, 15) is 9.59 Å². The first-order valence-electron chi connectivity index (χ1n) is 4.39. The predicted octanol–water partition coefficient (Wildman–Crippen LogP) is -1.91. The molecule has 0 aromatic carbocycles. The summed E-state index contributed by atoms with van der Waals surface area (Å²) in [5, 5.41) is 9.16. The first-order valence-corrected chi connectivity index (χ1v) is 4.39. The Bertz CT molecular complexity index is 486. The Balaban J connectivity index is 3.53. The Morgan fingerprint density at radius 2 is 1.93 bits per heavy atom.